The van der Waals surface area contributed by atoms with Crippen molar-refractivity contribution in [1.29, 1.82) is 0 Å². The molecule has 0 aromatic carbocycles. The molecule has 0 aliphatic carbocycles. The van der Waals surface area contributed by atoms with E-state index in [1.165, 1.54) is 0 Å². The van der Waals surface area contributed by atoms with Crippen LogP contribution in [0.5, 0.6) is 0 Å². The monoisotopic (exact) mass is 200 g/mol. The molecule has 0 saturated carbocycles. The smallest absolute Gasteiger partial charge is 1.00 e. The molecule has 3 N–H and O–H groups in total. The van der Waals surface area contributed by atoms with Crippen LogP contribution in [0.15, 0.2) is 0 Å². The van der Waals surface area contributed by atoms with E-state index in [-0.39, 0.29) is 54.3 Å². The van der Waals surface area contributed by atoms with E-state index in [1.54, 1.807) is 7.05 Å². The summed E-state index contributed by atoms with van der Waals surface area (Å²) in [5, 5.41) is 0. The van der Waals surface area contributed by atoms with Crippen LogP contribution in [0.4, 0.5) is 0 Å². The molecule has 0 unspecified atom stereocenters. The summed E-state index contributed by atoms with van der Waals surface area (Å²) in [6, 6.07) is 0. The van der Waals surface area contributed by atoms with Crippen LogP contribution in [-0.2, 0) is 17.1 Å². The third-order valence-corrected chi connectivity index (χ3v) is 0. The molecule has 0 rings (SSSR count). The summed E-state index contributed by atoms with van der Waals surface area (Å²) >= 11 is 0. The normalized spacial score (nSPS) is 1.00. The van der Waals surface area contributed by atoms with Crippen LogP contribution in [0.2, 0.25) is 0 Å². The van der Waals surface area contributed by atoms with E-state index in [4.69, 9.17) is 0 Å². The number of hydrogen-bond donors (Lipinski definition) is 1. The van der Waals surface area contributed by atoms with Gasteiger partial charge in [-0.05, 0) is 0 Å². The molecule has 6 heavy (non-hydrogen) atoms. The van der Waals surface area contributed by atoms with Crippen LogP contribution >= 0.6 is 0 Å². The Morgan fingerprint density at radius 2 is 0.833 bits per heavy atom. The van der Waals surface area contributed by atoms with Crippen molar-refractivity contribution in [2.45, 2.75) is 0 Å². The molecule has 1 nitrogen and oxygen atoms in total. The van der Waals surface area contributed by atoms with E-state index in [9.17, 15) is 0 Å². The molecule has 1 radical (unpaired) electrons. The van der Waals surface area contributed by atoms with Gasteiger partial charge in [-0.3, -0.25) is 0 Å². The second-order valence-electron chi connectivity index (χ2n) is 0. The van der Waals surface area contributed by atoms with Crippen molar-refractivity contribution in [2.75, 3.05) is 7.05 Å². The Morgan fingerprint density at radius 1 is 0.833 bits per heavy atom. The number of halogens is 3. The molecule has 0 atom stereocenters. The SMILES string of the molecule is C[NH3+].[Cl-].[Cl-].[Cl-].[Cu+2]. The van der Waals surface area contributed by atoms with E-state index >= 15 is 0 Å². The van der Waals surface area contributed by atoms with Crippen molar-refractivity contribution in [2.24, 2.45) is 0 Å². The van der Waals surface area contributed by atoms with Crippen molar-refractivity contribution in [1.82, 2.24) is 0 Å². The Kier molecular flexibility index (Phi) is 893. The summed E-state index contributed by atoms with van der Waals surface area (Å²) in [7, 11) is 1.75. The van der Waals surface area contributed by atoms with Gasteiger partial charge in [-0.1, -0.05) is 0 Å². The third kappa shape index (κ3) is 55.6. The zero-order chi connectivity index (χ0) is 2.00. The van der Waals surface area contributed by atoms with Gasteiger partial charge >= 0.3 is 17.1 Å². The molecule has 47 valence electrons. The molecule has 0 saturated heterocycles. The minimum Gasteiger partial charge on any atom is -1.00 e. The number of rotatable bonds is 0. The van der Waals surface area contributed by atoms with Crippen LogP contribution < -0.4 is 43.0 Å². The van der Waals surface area contributed by atoms with E-state index < -0.39 is 0 Å². The number of hydrogen-bond acceptors (Lipinski definition) is 0. The standard InChI is InChI=1S/CH5N.3ClH.Cu/c1-2;;;;/h2H2,1H3;3*1H;/q;;;;+2/p-2. The van der Waals surface area contributed by atoms with Gasteiger partial charge in [0.2, 0.25) is 0 Å². The molecular weight excluding hydrogens is 196 g/mol. The van der Waals surface area contributed by atoms with E-state index in [1.807, 2.05) is 0 Å². The van der Waals surface area contributed by atoms with E-state index in [2.05, 4.69) is 5.73 Å². The minimum atomic E-state index is 0. The fourth-order valence-corrected chi connectivity index (χ4v) is 0. The zero-order valence-corrected chi connectivity index (χ0v) is 6.35. The third-order valence-electron chi connectivity index (χ3n) is 0. The summed E-state index contributed by atoms with van der Waals surface area (Å²) in [6.45, 7) is 0. The van der Waals surface area contributed by atoms with Gasteiger partial charge in [0.05, 0.1) is 7.05 Å². The van der Waals surface area contributed by atoms with Crippen molar-refractivity contribution in [3.63, 3.8) is 0 Å². The second kappa shape index (κ2) is 99.8. The summed E-state index contributed by atoms with van der Waals surface area (Å²) in [5.74, 6) is 0. The Bertz CT molecular complexity index is 10.8. The van der Waals surface area contributed by atoms with Crippen LogP contribution in [0.25, 0.3) is 0 Å². The second-order valence-corrected chi connectivity index (χ2v) is 0. The van der Waals surface area contributed by atoms with Gasteiger partial charge in [0, 0.05) is 0 Å². The predicted molar refractivity (Wildman–Crippen MR) is 8.81 cm³/mol. The average Bonchev–Trinajstić information content (AvgIpc) is 1.00. The first-order valence-corrected chi connectivity index (χ1v) is 0.707. The van der Waals surface area contributed by atoms with Crippen molar-refractivity contribution >= 4 is 0 Å². The topological polar surface area (TPSA) is 27.6 Å². The van der Waals surface area contributed by atoms with Crippen LogP contribution in [0, 0.1) is 0 Å². The Morgan fingerprint density at radius 3 is 0.833 bits per heavy atom. The van der Waals surface area contributed by atoms with Crippen LogP contribution in [-0.4, -0.2) is 7.05 Å². The largest absolute Gasteiger partial charge is 2.00 e. The van der Waals surface area contributed by atoms with Gasteiger partial charge in [-0.25, -0.2) is 0 Å². The molecule has 5 heteroatoms. The first kappa shape index (κ1) is 53.7. The molecule has 0 bridgehead atoms. The predicted octanol–water partition coefficient (Wildman–Crippen LogP) is -10.1. The van der Waals surface area contributed by atoms with Crippen molar-refractivity contribution < 1.29 is 60.0 Å². The first-order valence-electron chi connectivity index (χ1n) is 0.707. The van der Waals surface area contributed by atoms with Gasteiger partial charge in [-0.2, -0.15) is 0 Å². The fraction of sp³-hybridized carbons (Fsp3) is 1.00. The van der Waals surface area contributed by atoms with E-state index in [0.717, 1.165) is 0 Å². The molecule has 0 aromatic rings. The Labute approximate surface area is 67.1 Å². The summed E-state index contributed by atoms with van der Waals surface area (Å²) < 4.78 is 0. The fourth-order valence-electron chi connectivity index (χ4n) is 0. The van der Waals surface area contributed by atoms with Gasteiger partial charge in [0.25, 0.3) is 0 Å². The van der Waals surface area contributed by atoms with Crippen LogP contribution in [0.3, 0.4) is 0 Å². The van der Waals surface area contributed by atoms with Crippen molar-refractivity contribution in [3.8, 4) is 0 Å². The molecule has 0 spiro atoms. The summed E-state index contributed by atoms with van der Waals surface area (Å²) in [6.07, 6.45) is 0. The molecule has 0 aliphatic rings. The minimum absolute atomic E-state index is 0. The van der Waals surface area contributed by atoms with Gasteiger partial charge in [-0.15, -0.1) is 0 Å². The molecular formula is CH6Cl3CuN. The van der Waals surface area contributed by atoms with E-state index in [0.29, 0.717) is 0 Å². The van der Waals surface area contributed by atoms with Crippen LogP contribution in [0.1, 0.15) is 0 Å². The maximum absolute atomic E-state index is 3.25. The summed E-state index contributed by atoms with van der Waals surface area (Å²) in [5.41, 5.74) is 3.25. The summed E-state index contributed by atoms with van der Waals surface area (Å²) in [4.78, 5) is 0. The maximum Gasteiger partial charge on any atom is 2.00 e. The quantitative estimate of drug-likeness (QED) is 0.378. The average molecular weight is 202 g/mol. The Balaban J connectivity index is -0.000000000833. The molecule has 0 aromatic heterocycles. The first-order chi connectivity index (χ1) is 1.00. The molecule has 0 heterocycles. The Hall–Kier alpha value is 1.35. The van der Waals surface area contributed by atoms with Crippen molar-refractivity contribution in [3.05, 3.63) is 0 Å². The zero-order valence-electron chi connectivity index (χ0n) is 3.14. The molecule has 0 amide bonds. The molecule has 0 fully saturated rings. The molecule has 0 aliphatic heterocycles. The van der Waals surface area contributed by atoms with Gasteiger partial charge in [0.15, 0.2) is 0 Å². The van der Waals surface area contributed by atoms with Gasteiger partial charge in [0.1, 0.15) is 0 Å². The number of quaternary nitrogens is 1. The van der Waals surface area contributed by atoms with Gasteiger partial charge < -0.3 is 43.0 Å². The maximum atomic E-state index is 3.25.